The maximum Gasteiger partial charge on any atom is 0.125 e. The van der Waals surface area contributed by atoms with Gasteiger partial charge in [0.2, 0.25) is 0 Å². The second-order valence-corrected chi connectivity index (χ2v) is 4.58. The van der Waals surface area contributed by atoms with Crippen LogP contribution in [0.15, 0.2) is 18.2 Å². The Bertz CT molecular complexity index is 364. The Morgan fingerprint density at radius 2 is 2.18 bits per heavy atom. The lowest BCUT2D eigenvalue weighted by molar-refractivity contribution is 0.0251. The summed E-state index contributed by atoms with van der Waals surface area (Å²) in [6.07, 6.45) is 2.15. The van der Waals surface area contributed by atoms with Gasteiger partial charge in [-0.25, -0.2) is 0 Å². The maximum absolute atomic E-state index is 6.18. The summed E-state index contributed by atoms with van der Waals surface area (Å²) in [4.78, 5) is 0. The number of ether oxygens (including phenoxy) is 2. The summed E-state index contributed by atoms with van der Waals surface area (Å²) < 4.78 is 11.3. The fourth-order valence-corrected chi connectivity index (χ4v) is 2.20. The SMILES string of the molecule is CNCc1c(Cl)cccc1OC1CCOCC1. The van der Waals surface area contributed by atoms with Crippen molar-refractivity contribution in [3.05, 3.63) is 28.8 Å². The van der Waals surface area contributed by atoms with Gasteiger partial charge in [0.25, 0.3) is 0 Å². The van der Waals surface area contributed by atoms with Crippen molar-refractivity contribution in [2.45, 2.75) is 25.5 Å². The Labute approximate surface area is 107 Å². The van der Waals surface area contributed by atoms with Gasteiger partial charge in [0.15, 0.2) is 0 Å². The highest BCUT2D eigenvalue weighted by Gasteiger charge is 2.17. The molecule has 4 heteroatoms. The molecule has 17 heavy (non-hydrogen) atoms. The zero-order valence-electron chi connectivity index (χ0n) is 10.0. The van der Waals surface area contributed by atoms with Gasteiger partial charge < -0.3 is 14.8 Å². The van der Waals surface area contributed by atoms with E-state index in [0.29, 0.717) is 0 Å². The Morgan fingerprint density at radius 3 is 2.88 bits per heavy atom. The van der Waals surface area contributed by atoms with Gasteiger partial charge in [-0.15, -0.1) is 0 Å². The molecule has 1 heterocycles. The molecule has 1 aromatic rings. The first-order valence-corrected chi connectivity index (χ1v) is 6.35. The normalized spacial score (nSPS) is 17.1. The van der Waals surface area contributed by atoms with Gasteiger partial charge >= 0.3 is 0 Å². The molecule has 0 bridgehead atoms. The third kappa shape index (κ3) is 3.35. The zero-order chi connectivity index (χ0) is 12.1. The van der Waals surface area contributed by atoms with Crippen molar-refractivity contribution in [1.82, 2.24) is 5.32 Å². The van der Waals surface area contributed by atoms with Crippen molar-refractivity contribution < 1.29 is 9.47 Å². The Morgan fingerprint density at radius 1 is 1.41 bits per heavy atom. The second kappa shape index (κ2) is 6.24. The van der Waals surface area contributed by atoms with Crippen LogP contribution in [0, 0.1) is 0 Å². The van der Waals surface area contributed by atoms with Crippen LogP contribution in [0.5, 0.6) is 5.75 Å². The number of nitrogens with one attached hydrogen (secondary N) is 1. The molecule has 0 aromatic heterocycles. The first-order chi connectivity index (χ1) is 8.31. The minimum Gasteiger partial charge on any atom is -0.490 e. The molecule has 0 radical (unpaired) electrons. The molecular weight excluding hydrogens is 238 g/mol. The summed E-state index contributed by atoms with van der Waals surface area (Å²) in [5.41, 5.74) is 1.03. The first-order valence-electron chi connectivity index (χ1n) is 5.97. The van der Waals surface area contributed by atoms with E-state index in [9.17, 15) is 0 Å². The maximum atomic E-state index is 6.18. The molecule has 1 saturated heterocycles. The van der Waals surface area contributed by atoms with Crippen LogP contribution in [0.1, 0.15) is 18.4 Å². The number of hydrogen-bond acceptors (Lipinski definition) is 3. The molecule has 3 nitrogen and oxygen atoms in total. The van der Waals surface area contributed by atoms with Crippen molar-refractivity contribution >= 4 is 11.6 Å². The Balaban J connectivity index is 2.10. The molecule has 1 aromatic carbocycles. The number of hydrogen-bond donors (Lipinski definition) is 1. The van der Waals surface area contributed by atoms with Crippen LogP contribution in [-0.4, -0.2) is 26.4 Å². The molecule has 1 aliphatic rings. The molecule has 1 aliphatic heterocycles. The average molecular weight is 256 g/mol. The van der Waals surface area contributed by atoms with Crippen molar-refractivity contribution in [2.24, 2.45) is 0 Å². The molecule has 1 N–H and O–H groups in total. The van der Waals surface area contributed by atoms with E-state index < -0.39 is 0 Å². The van der Waals surface area contributed by atoms with Gasteiger partial charge in [-0.2, -0.15) is 0 Å². The van der Waals surface area contributed by atoms with E-state index in [4.69, 9.17) is 21.1 Å². The number of halogens is 1. The summed E-state index contributed by atoms with van der Waals surface area (Å²) in [6, 6.07) is 5.80. The summed E-state index contributed by atoms with van der Waals surface area (Å²) in [7, 11) is 1.90. The predicted molar refractivity (Wildman–Crippen MR) is 68.7 cm³/mol. The van der Waals surface area contributed by atoms with Crippen LogP contribution in [0.2, 0.25) is 5.02 Å². The molecule has 0 atom stereocenters. The monoisotopic (exact) mass is 255 g/mol. The molecule has 2 rings (SSSR count). The fourth-order valence-electron chi connectivity index (χ4n) is 1.97. The van der Waals surface area contributed by atoms with Crippen molar-refractivity contribution in [3.63, 3.8) is 0 Å². The topological polar surface area (TPSA) is 30.5 Å². The van der Waals surface area contributed by atoms with Gasteiger partial charge in [0, 0.05) is 30.0 Å². The third-order valence-corrected chi connectivity index (χ3v) is 3.25. The summed E-state index contributed by atoms with van der Waals surface area (Å²) in [6.45, 7) is 2.29. The number of rotatable bonds is 4. The third-order valence-electron chi connectivity index (χ3n) is 2.89. The highest BCUT2D eigenvalue weighted by Crippen LogP contribution is 2.28. The standard InChI is InChI=1S/C13H18ClNO2/c1-15-9-11-12(14)3-2-4-13(11)17-10-5-7-16-8-6-10/h2-4,10,15H,5-9H2,1H3. The van der Waals surface area contributed by atoms with E-state index >= 15 is 0 Å². The van der Waals surface area contributed by atoms with Gasteiger partial charge in [-0.05, 0) is 19.2 Å². The smallest absolute Gasteiger partial charge is 0.125 e. The largest absolute Gasteiger partial charge is 0.490 e. The van der Waals surface area contributed by atoms with Crippen molar-refractivity contribution in [1.29, 1.82) is 0 Å². The zero-order valence-corrected chi connectivity index (χ0v) is 10.8. The van der Waals surface area contributed by atoms with Crippen molar-refractivity contribution in [2.75, 3.05) is 20.3 Å². The van der Waals surface area contributed by atoms with E-state index in [1.807, 2.05) is 25.2 Å². The van der Waals surface area contributed by atoms with E-state index in [-0.39, 0.29) is 6.10 Å². The van der Waals surface area contributed by atoms with E-state index in [1.54, 1.807) is 0 Å². The predicted octanol–water partition coefficient (Wildman–Crippen LogP) is 2.62. The average Bonchev–Trinajstić information content (AvgIpc) is 2.35. The Hall–Kier alpha value is -0.770. The van der Waals surface area contributed by atoms with Crippen LogP contribution < -0.4 is 10.1 Å². The second-order valence-electron chi connectivity index (χ2n) is 4.18. The highest BCUT2D eigenvalue weighted by atomic mass is 35.5. The molecule has 0 saturated carbocycles. The van der Waals surface area contributed by atoms with Gasteiger partial charge in [-0.3, -0.25) is 0 Å². The van der Waals surface area contributed by atoms with Crippen LogP contribution in [0.4, 0.5) is 0 Å². The summed E-state index contributed by atoms with van der Waals surface area (Å²) in [5, 5.41) is 3.87. The summed E-state index contributed by atoms with van der Waals surface area (Å²) >= 11 is 6.18. The fraction of sp³-hybridized carbons (Fsp3) is 0.538. The lowest BCUT2D eigenvalue weighted by Crippen LogP contribution is -2.26. The first kappa shape index (κ1) is 12.7. The van der Waals surface area contributed by atoms with Gasteiger partial charge in [0.05, 0.1) is 13.2 Å². The van der Waals surface area contributed by atoms with Crippen LogP contribution >= 0.6 is 11.6 Å². The molecule has 0 spiro atoms. The highest BCUT2D eigenvalue weighted by molar-refractivity contribution is 6.31. The number of benzene rings is 1. The Kier molecular flexibility index (Phi) is 4.66. The molecule has 0 unspecified atom stereocenters. The molecule has 0 aliphatic carbocycles. The van der Waals surface area contributed by atoms with Crippen molar-refractivity contribution in [3.8, 4) is 5.75 Å². The minimum absolute atomic E-state index is 0.248. The molecule has 1 fully saturated rings. The minimum atomic E-state index is 0.248. The van der Waals surface area contributed by atoms with Gasteiger partial charge in [0.1, 0.15) is 11.9 Å². The van der Waals surface area contributed by atoms with Crippen LogP contribution in [-0.2, 0) is 11.3 Å². The van der Waals surface area contributed by atoms with Gasteiger partial charge in [-0.1, -0.05) is 17.7 Å². The van der Waals surface area contributed by atoms with E-state index in [0.717, 1.165) is 48.9 Å². The molecule has 0 amide bonds. The molecule has 94 valence electrons. The lowest BCUT2D eigenvalue weighted by atomic mass is 10.1. The quantitative estimate of drug-likeness (QED) is 0.897. The molecular formula is C13H18ClNO2. The summed E-state index contributed by atoms with van der Waals surface area (Å²) in [5.74, 6) is 0.888. The van der Waals surface area contributed by atoms with E-state index in [2.05, 4.69) is 5.32 Å². The van der Waals surface area contributed by atoms with E-state index in [1.165, 1.54) is 0 Å². The van der Waals surface area contributed by atoms with Crippen LogP contribution in [0.25, 0.3) is 0 Å². The lowest BCUT2D eigenvalue weighted by Gasteiger charge is -2.24. The van der Waals surface area contributed by atoms with Crippen LogP contribution in [0.3, 0.4) is 0 Å².